The van der Waals surface area contributed by atoms with Crippen LogP contribution in [0, 0.1) is 5.82 Å². The summed E-state index contributed by atoms with van der Waals surface area (Å²) in [5.74, 6) is 0.458. The Kier molecular flexibility index (Phi) is 3.87. The molecule has 0 atom stereocenters. The van der Waals surface area contributed by atoms with Crippen molar-refractivity contribution in [3.05, 3.63) is 46.3 Å². The minimum atomic E-state index is -0.431. The minimum Gasteiger partial charge on any atom is -0.339 e. The molecule has 0 spiro atoms. The molecule has 0 amide bonds. The van der Waals surface area contributed by atoms with E-state index in [0.717, 1.165) is 0 Å². The molecule has 2 rings (SSSR count). The van der Waals surface area contributed by atoms with Gasteiger partial charge in [0, 0.05) is 29.0 Å². The first-order chi connectivity index (χ1) is 8.85. The zero-order valence-electron chi connectivity index (χ0n) is 10.8. The number of benzene rings is 1. The van der Waals surface area contributed by atoms with Crippen LogP contribution in [0.5, 0.6) is 0 Å². The number of rotatable bonds is 4. The normalized spacial score (nSPS) is 11.8. The number of halogens is 2. The third-order valence-corrected chi connectivity index (χ3v) is 2.87. The molecule has 1 aromatic carbocycles. The average Bonchev–Trinajstić information content (AvgIpc) is 2.69. The highest BCUT2D eigenvalue weighted by atomic mass is 35.5. The van der Waals surface area contributed by atoms with Gasteiger partial charge in [0.1, 0.15) is 5.82 Å². The second-order valence-electron chi connectivity index (χ2n) is 5.15. The zero-order chi connectivity index (χ0) is 14.0. The lowest BCUT2D eigenvalue weighted by molar-refractivity contribution is 0.345. The summed E-state index contributed by atoms with van der Waals surface area (Å²) in [4.78, 5) is 4.19. The molecule has 0 radical (unpaired) electrons. The van der Waals surface area contributed by atoms with E-state index in [1.54, 1.807) is 12.1 Å². The van der Waals surface area contributed by atoms with Crippen molar-refractivity contribution in [3.8, 4) is 0 Å². The Hall–Kier alpha value is -1.46. The summed E-state index contributed by atoms with van der Waals surface area (Å²) >= 11 is 5.95. The van der Waals surface area contributed by atoms with E-state index >= 15 is 0 Å². The van der Waals surface area contributed by atoms with Crippen molar-refractivity contribution in [1.82, 2.24) is 10.1 Å². The van der Waals surface area contributed by atoms with E-state index in [1.165, 1.54) is 6.07 Å². The van der Waals surface area contributed by atoms with Gasteiger partial charge in [0.25, 0.3) is 0 Å². The molecule has 19 heavy (non-hydrogen) atoms. The maximum absolute atomic E-state index is 13.6. The average molecular weight is 284 g/mol. The van der Waals surface area contributed by atoms with Gasteiger partial charge in [-0.1, -0.05) is 22.8 Å². The third-order valence-electron chi connectivity index (χ3n) is 2.51. The smallest absolute Gasteiger partial charge is 0.228 e. The van der Waals surface area contributed by atoms with E-state index in [0.29, 0.717) is 28.7 Å². The van der Waals surface area contributed by atoms with Gasteiger partial charge < -0.3 is 10.3 Å². The summed E-state index contributed by atoms with van der Waals surface area (Å²) in [6.45, 7) is 3.73. The van der Waals surface area contributed by atoms with Crippen molar-refractivity contribution in [2.75, 3.05) is 0 Å². The van der Waals surface area contributed by atoms with Crippen LogP contribution in [0.4, 0.5) is 4.39 Å². The molecule has 0 fully saturated rings. The van der Waals surface area contributed by atoms with Crippen LogP contribution >= 0.6 is 11.6 Å². The highest BCUT2D eigenvalue weighted by Crippen LogP contribution is 2.21. The molecule has 0 aliphatic carbocycles. The van der Waals surface area contributed by atoms with Gasteiger partial charge in [-0.25, -0.2) is 4.39 Å². The van der Waals surface area contributed by atoms with Crippen LogP contribution in [-0.2, 0) is 12.8 Å². The number of hydrogen-bond acceptors (Lipinski definition) is 4. The molecule has 4 nitrogen and oxygen atoms in total. The van der Waals surface area contributed by atoms with Crippen molar-refractivity contribution in [1.29, 1.82) is 0 Å². The van der Waals surface area contributed by atoms with Gasteiger partial charge in [0.15, 0.2) is 5.82 Å². The minimum absolute atomic E-state index is 0.194. The van der Waals surface area contributed by atoms with E-state index in [1.807, 2.05) is 13.8 Å². The molecule has 0 saturated carbocycles. The van der Waals surface area contributed by atoms with Crippen molar-refractivity contribution in [2.24, 2.45) is 5.73 Å². The van der Waals surface area contributed by atoms with Crippen molar-refractivity contribution in [3.63, 3.8) is 0 Å². The van der Waals surface area contributed by atoms with Crippen molar-refractivity contribution in [2.45, 2.75) is 32.2 Å². The Bertz CT molecular complexity index is 557. The Labute approximate surface area is 115 Å². The quantitative estimate of drug-likeness (QED) is 0.937. The fraction of sp³-hybridized carbons (Fsp3) is 0.385. The molecular formula is C13H15ClFN3O. The van der Waals surface area contributed by atoms with Crippen LogP contribution in [0.3, 0.4) is 0 Å². The molecular weight excluding hydrogens is 269 g/mol. The van der Waals surface area contributed by atoms with Crippen molar-refractivity contribution >= 4 is 11.6 Å². The molecule has 0 aliphatic rings. The number of aromatic nitrogens is 2. The summed E-state index contributed by atoms with van der Waals surface area (Å²) in [7, 11) is 0. The van der Waals surface area contributed by atoms with Gasteiger partial charge in [-0.15, -0.1) is 0 Å². The maximum Gasteiger partial charge on any atom is 0.228 e. The highest BCUT2D eigenvalue weighted by Gasteiger charge is 2.18. The lowest BCUT2D eigenvalue weighted by Crippen LogP contribution is -2.34. The Morgan fingerprint density at radius 1 is 1.42 bits per heavy atom. The van der Waals surface area contributed by atoms with Gasteiger partial charge in [0.2, 0.25) is 5.89 Å². The van der Waals surface area contributed by atoms with Gasteiger partial charge in [0.05, 0.1) is 0 Å². The molecule has 2 aromatic rings. The predicted molar refractivity (Wildman–Crippen MR) is 70.5 cm³/mol. The second kappa shape index (κ2) is 5.27. The Morgan fingerprint density at radius 2 is 2.16 bits per heavy atom. The van der Waals surface area contributed by atoms with Crippen LogP contribution in [0.1, 0.15) is 31.1 Å². The molecule has 0 unspecified atom stereocenters. The topological polar surface area (TPSA) is 64.9 Å². The molecule has 1 heterocycles. The predicted octanol–water partition coefficient (Wildman–Crippen LogP) is 2.73. The number of hydrogen-bond donors (Lipinski definition) is 1. The Morgan fingerprint density at radius 3 is 2.79 bits per heavy atom. The highest BCUT2D eigenvalue weighted by molar-refractivity contribution is 6.31. The molecule has 102 valence electrons. The third kappa shape index (κ3) is 3.75. The van der Waals surface area contributed by atoms with Gasteiger partial charge in [-0.3, -0.25) is 0 Å². The van der Waals surface area contributed by atoms with Crippen LogP contribution in [0.25, 0.3) is 0 Å². The van der Waals surface area contributed by atoms with E-state index in [9.17, 15) is 4.39 Å². The maximum atomic E-state index is 13.6. The van der Waals surface area contributed by atoms with Crippen LogP contribution in [0.15, 0.2) is 22.7 Å². The first-order valence-electron chi connectivity index (χ1n) is 5.88. The molecule has 1 aromatic heterocycles. The summed E-state index contributed by atoms with van der Waals surface area (Å²) in [5.41, 5.74) is 5.80. The van der Waals surface area contributed by atoms with Gasteiger partial charge in [-0.2, -0.15) is 4.98 Å². The van der Waals surface area contributed by atoms with Crippen LogP contribution < -0.4 is 5.73 Å². The Balaban J connectivity index is 2.16. The summed E-state index contributed by atoms with van der Waals surface area (Å²) < 4.78 is 18.7. The lowest BCUT2D eigenvalue weighted by atomic mass is 10.0. The van der Waals surface area contributed by atoms with E-state index < -0.39 is 5.54 Å². The monoisotopic (exact) mass is 283 g/mol. The van der Waals surface area contributed by atoms with E-state index in [2.05, 4.69) is 10.1 Å². The molecule has 0 saturated heterocycles. The lowest BCUT2D eigenvalue weighted by Gasteiger charge is -2.14. The van der Waals surface area contributed by atoms with Gasteiger partial charge >= 0.3 is 0 Å². The largest absolute Gasteiger partial charge is 0.339 e. The molecule has 0 bridgehead atoms. The van der Waals surface area contributed by atoms with Crippen molar-refractivity contribution < 1.29 is 8.91 Å². The standard InChI is InChI=1S/C13H15ClFN3O/c1-13(2,16)7-12-17-11(18-19-12)6-8-9(14)4-3-5-10(8)15/h3-5H,6-7,16H2,1-2H3. The van der Waals surface area contributed by atoms with Gasteiger partial charge in [-0.05, 0) is 26.0 Å². The SMILES string of the molecule is CC(C)(N)Cc1nc(Cc2c(F)cccc2Cl)no1. The fourth-order valence-corrected chi connectivity index (χ4v) is 1.91. The number of nitrogens with zero attached hydrogens (tertiary/aromatic N) is 2. The number of nitrogens with two attached hydrogens (primary N) is 1. The second-order valence-corrected chi connectivity index (χ2v) is 5.55. The summed E-state index contributed by atoms with van der Waals surface area (Å²) in [5, 5.41) is 4.16. The molecule has 0 aliphatic heterocycles. The van der Waals surface area contributed by atoms with E-state index in [-0.39, 0.29) is 12.2 Å². The zero-order valence-corrected chi connectivity index (χ0v) is 11.5. The van der Waals surface area contributed by atoms with Crippen LogP contribution in [-0.4, -0.2) is 15.7 Å². The summed E-state index contributed by atoms with van der Waals surface area (Å²) in [6, 6.07) is 4.54. The van der Waals surface area contributed by atoms with Crippen LogP contribution in [0.2, 0.25) is 5.02 Å². The van der Waals surface area contributed by atoms with E-state index in [4.69, 9.17) is 21.9 Å². The molecule has 6 heteroatoms. The molecule has 2 N–H and O–H groups in total. The summed E-state index contributed by atoms with van der Waals surface area (Å²) in [6.07, 6.45) is 0.658. The first-order valence-corrected chi connectivity index (χ1v) is 6.26. The fourth-order valence-electron chi connectivity index (χ4n) is 1.68. The first kappa shape index (κ1) is 14.0.